The van der Waals surface area contributed by atoms with Gasteiger partial charge in [-0.05, 0) is 50.2 Å². The lowest BCUT2D eigenvalue weighted by atomic mass is 10.1. The van der Waals surface area contributed by atoms with Crippen molar-refractivity contribution in [2.24, 2.45) is 0 Å². The highest BCUT2D eigenvalue weighted by Gasteiger charge is 2.27. The number of rotatable bonds is 5. The van der Waals surface area contributed by atoms with Crippen LogP contribution in [0, 0.1) is 0 Å². The molecule has 0 unspecified atom stereocenters. The molecule has 1 amide bonds. The molecule has 0 radical (unpaired) electrons. The number of hydrogen-bond acceptors (Lipinski definition) is 4. The van der Waals surface area contributed by atoms with E-state index in [4.69, 9.17) is 11.6 Å². The number of nitrogens with one attached hydrogen (secondary N) is 1. The topological polar surface area (TPSA) is 69.7 Å². The van der Waals surface area contributed by atoms with Gasteiger partial charge in [-0.2, -0.15) is 4.31 Å². The lowest BCUT2D eigenvalue weighted by molar-refractivity contribution is -0.132. The summed E-state index contributed by atoms with van der Waals surface area (Å²) in [6, 6.07) is 6.08. The Bertz CT molecular complexity index is 646. The predicted octanol–water partition coefficient (Wildman–Crippen LogP) is 1.59. The summed E-state index contributed by atoms with van der Waals surface area (Å²) in [5.74, 6) is -0.197. The molecule has 1 saturated heterocycles. The van der Waals surface area contributed by atoms with E-state index >= 15 is 0 Å². The minimum Gasteiger partial charge on any atom is -0.342 e. The van der Waals surface area contributed by atoms with Gasteiger partial charge in [0.2, 0.25) is 15.9 Å². The maximum Gasteiger partial charge on any atom is 0.243 e. The Morgan fingerprint density at radius 3 is 2.29 bits per heavy atom. The van der Waals surface area contributed by atoms with E-state index in [2.05, 4.69) is 5.32 Å². The van der Waals surface area contributed by atoms with Gasteiger partial charge in [0.05, 0.1) is 11.4 Å². The summed E-state index contributed by atoms with van der Waals surface area (Å²) in [7, 11) is -0.548. The molecule has 1 fully saturated rings. The molecule has 0 spiro atoms. The second-order valence-corrected chi connectivity index (χ2v) is 8.18. The minimum atomic E-state index is -3.70. The van der Waals surface area contributed by atoms with Crippen LogP contribution in [0.5, 0.6) is 0 Å². The fourth-order valence-electron chi connectivity index (χ4n) is 2.57. The Balaban J connectivity index is 0.00000288. The van der Waals surface area contributed by atoms with E-state index in [-0.39, 0.29) is 35.8 Å². The number of piperidine rings is 1. The van der Waals surface area contributed by atoms with Crippen LogP contribution in [0.25, 0.3) is 0 Å². The maximum atomic E-state index is 12.5. The van der Waals surface area contributed by atoms with E-state index in [0.717, 1.165) is 30.2 Å². The zero-order chi connectivity index (χ0) is 17.0. The molecule has 1 aromatic carbocycles. The number of amides is 1. The van der Waals surface area contributed by atoms with Crippen LogP contribution >= 0.6 is 24.0 Å². The summed E-state index contributed by atoms with van der Waals surface area (Å²) < 4.78 is 26.0. The second kappa shape index (κ2) is 9.01. The van der Waals surface area contributed by atoms with Gasteiger partial charge in [0.1, 0.15) is 0 Å². The van der Waals surface area contributed by atoms with Gasteiger partial charge in [-0.3, -0.25) is 4.79 Å². The Morgan fingerprint density at radius 1 is 1.21 bits per heavy atom. The molecule has 1 N–H and O–H groups in total. The first-order valence-electron chi connectivity index (χ1n) is 7.50. The van der Waals surface area contributed by atoms with Gasteiger partial charge in [-0.25, -0.2) is 8.42 Å². The number of carbonyl (C=O) groups is 1. The maximum absolute atomic E-state index is 12.5. The van der Waals surface area contributed by atoms with E-state index in [0.29, 0.717) is 5.02 Å². The number of carbonyl (C=O) groups excluding carboxylic acids is 1. The third-order valence-electron chi connectivity index (χ3n) is 4.13. The molecule has 1 aromatic rings. The lowest BCUT2D eigenvalue weighted by Crippen LogP contribution is -2.47. The van der Waals surface area contributed by atoms with Crippen LogP contribution in [0.15, 0.2) is 29.2 Å². The number of benzene rings is 1. The Kier molecular flexibility index (Phi) is 7.95. The van der Waals surface area contributed by atoms with Gasteiger partial charge >= 0.3 is 0 Å². The highest BCUT2D eigenvalue weighted by Crippen LogP contribution is 2.18. The summed E-state index contributed by atoms with van der Waals surface area (Å²) in [5.41, 5.74) is 0. The standard InChI is InChI=1S/C15H22ClN3O3S.ClH/c1-18(23(21,22)14-5-3-12(16)4-6-14)11-15(20)19(2)13-7-9-17-10-8-13;/h3-6,13,17H,7-11H2,1-2H3;1H. The van der Waals surface area contributed by atoms with Crippen LogP contribution in [-0.2, 0) is 14.8 Å². The molecule has 0 aromatic heterocycles. The molecule has 2 rings (SSSR count). The van der Waals surface area contributed by atoms with Crippen LogP contribution in [0.3, 0.4) is 0 Å². The fourth-order valence-corrected chi connectivity index (χ4v) is 3.82. The van der Waals surface area contributed by atoms with E-state index in [1.165, 1.54) is 31.3 Å². The predicted molar refractivity (Wildman–Crippen MR) is 97.2 cm³/mol. The largest absolute Gasteiger partial charge is 0.342 e. The van der Waals surface area contributed by atoms with E-state index in [9.17, 15) is 13.2 Å². The van der Waals surface area contributed by atoms with Gasteiger partial charge in [-0.15, -0.1) is 12.4 Å². The van der Waals surface area contributed by atoms with Crippen LogP contribution in [0.2, 0.25) is 5.02 Å². The summed E-state index contributed by atoms with van der Waals surface area (Å²) in [5, 5.41) is 3.71. The third kappa shape index (κ3) is 5.07. The van der Waals surface area contributed by atoms with E-state index < -0.39 is 10.0 Å². The molecule has 1 heterocycles. The highest BCUT2D eigenvalue weighted by atomic mass is 35.5. The van der Waals surface area contributed by atoms with Crippen LogP contribution < -0.4 is 5.32 Å². The molecule has 24 heavy (non-hydrogen) atoms. The smallest absolute Gasteiger partial charge is 0.243 e. The molecule has 136 valence electrons. The van der Waals surface area contributed by atoms with Crippen molar-refractivity contribution in [3.05, 3.63) is 29.3 Å². The Labute approximate surface area is 154 Å². The Morgan fingerprint density at radius 2 is 1.75 bits per heavy atom. The average Bonchev–Trinajstić information content (AvgIpc) is 2.55. The summed E-state index contributed by atoms with van der Waals surface area (Å²) in [6.07, 6.45) is 1.77. The first kappa shape index (κ1) is 21.2. The molecule has 6 nitrogen and oxygen atoms in total. The average molecular weight is 396 g/mol. The van der Waals surface area contributed by atoms with E-state index in [1.807, 2.05) is 0 Å². The van der Waals surface area contributed by atoms with Crippen molar-refractivity contribution >= 4 is 39.9 Å². The third-order valence-corrected chi connectivity index (χ3v) is 6.20. The number of nitrogens with zero attached hydrogens (tertiary/aromatic N) is 2. The van der Waals surface area contributed by atoms with Crippen molar-refractivity contribution in [2.75, 3.05) is 33.7 Å². The zero-order valence-electron chi connectivity index (χ0n) is 13.7. The molecule has 1 aliphatic heterocycles. The zero-order valence-corrected chi connectivity index (χ0v) is 16.1. The van der Waals surface area contributed by atoms with Gasteiger partial charge in [-0.1, -0.05) is 11.6 Å². The first-order valence-corrected chi connectivity index (χ1v) is 9.32. The fraction of sp³-hybridized carbons (Fsp3) is 0.533. The normalized spacial score (nSPS) is 15.8. The summed E-state index contributed by atoms with van der Waals surface area (Å²) in [4.78, 5) is 14.2. The lowest BCUT2D eigenvalue weighted by Gasteiger charge is -2.32. The van der Waals surface area contributed by atoms with E-state index in [1.54, 1.807) is 11.9 Å². The summed E-state index contributed by atoms with van der Waals surface area (Å²) >= 11 is 5.78. The molecule has 0 saturated carbocycles. The van der Waals surface area contributed by atoms with Crippen molar-refractivity contribution in [3.63, 3.8) is 0 Å². The molecule has 0 bridgehead atoms. The van der Waals surface area contributed by atoms with Crippen molar-refractivity contribution in [3.8, 4) is 0 Å². The second-order valence-electron chi connectivity index (χ2n) is 5.70. The first-order chi connectivity index (χ1) is 10.8. The van der Waals surface area contributed by atoms with Gasteiger partial charge in [0, 0.05) is 25.2 Å². The summed E-state index contributed by atoms with van der Waals surface area (Å²) in [6.45, 7) is 1.58. The molecular weight excluding hydrogens is 373 g/mol. The van der Waals surface area contributed by atoms with Crippen molar-refractivity contribution in [1.82, 2.24) is 14.5 Å². The van der Waals surface area contributed by atoms with Crippen molar-refractivity contribution in [2.45, 2.75) is 23.8 Å². The van der Waals surface area contributed by atoms with Crippen LogP contribution in [0.1, 0.15) is 12.8 Å². The quantitative estimate of drug-likeness (QED) is 0.821. The van der Waals surface area contributed by atoms with Crippen molar-refractivity contribution < 1.29 is 13.2 Å². The molecule has 0 aliphatic carbocycles. The minimum absolute atomic E-state index is 0. The van der Waals surface area contributed by atoms with Crippen molar-refractivity contribution in [1.29, 1.82) is 0 Å². The Hall–Kier alpha value is -0.860. The number of hydrogen-bond donors (Lipinski definition) is 1. The monoisotopic (exact) mass is 395 g/mol. The van der Waals surface area contributed by atoms with Crippen LogP contribution in [0.4, 0.5) is 0 Å². The van der Waals surface area contributed by atoms with Gasteiger partial charge in [0.25, 0.3) is 0 Å². The van der Waals surface area contributed by atoms with Gasteiger partial charge in [0.15, 0.2) is 0 Å². The number of halogens is 2. The highest BCUT2D eigenvalue weighted by molar-refractivity contribution is 7.89. The molecule has 9 heteroatoms. The van der Waals surface area contributed by atoms with Gasteiger partial charge < -0.3 is 10.2 Å². The molecule has 1 aliphatic rings. The number of sulfonamides is 1. The number of likely N-dealkylation sites (N-methyl/N-ethyl adjacent to an activating group) is 2. The molecule has 0 atom stereocenters. The SMILES string of the molecule is CN(C(=O)CN(C)S(=O)(=O)c1ccc(Cl)cc1)C1CCNCC1.Cl. The molecular formula is C15H23Cl2N3O3S. The van der Waals surface area contributed by atoms with Crippen LogP contribution in [-0.4, -0.2) is 63.3 Å².